The summed E-state index contributed by atoms with van der Waals surface area (Å²) in [6.07, 6.45) is 5.43. The SMILES string of the molecule is CCN(CC)S(=O)(=O)c1ccc(N/N=C\c2c(C)nn(-c3ccccc3)c2N2CCCC2)nc1. The highest BCUT2D eigenvalue weighted by Gasteiger charge is 2.24. The molecule has 1 fully saturated rings. The van der Waals surface area contributed by atoms with Crippen LogP contribution in [0.3, 0.4) is 0 Å². The standard InChI is InChI=1S/C24H31N7O2S/c1-4-30(5-2)34(32,33)21-13-14-23(25-17-21)27-26-18-22-19(3)28-31(20-11-7-6-8-12-20)24(22)29-15-9-10-16-29/h6-8,11-14,17-18H,4-5,9-10,15-16H2,1-3H3,(H,25,27)/b26-18-. The molecule has 3 aromatic rings. The Bertz CT molecular complexity index is 1230. The van der Waals surface area contributed by atoms with E-state index in [0.717, 1.165) is 48.7 Å². The second kappa shape index (κ2) is 10.4. The lowest BCUT2D eigenvalue weighted by atomic mass is 10.2. The molecule has 4 rings (SSSR count). The Kier molecular flexibility index (Phi) is 7.28. The number of rotatable bonds is 9. The molecule has 180 valence electrons. The summed E-state index contributed by atoms with van der Waals surface area (Å²) < 4.78 is 28.7. The number of nitrogens with zero attached hydrogens (tertiary/aromatic N) is 6. The van der Waals surface area contributed by atoms with E-state index in [1.807, 2.05) is 55.8 Å². The van der Waals surface area contributed by atoms with Crippen molar-refractivity contribution in [3.63, 3.8) is 0 Å². The molecule has 0 aliphatic carbocycles. The molecule has 0 amide bonds. The van der Waals surface area contributed by atoms with Crippen molar-refractivity contribution in [2.75, 3.05) is 36.5 Å². The number of sulfonamides is 1. The number of hydrogen-bond acceptors (Lipinski definition) is 7. The van der Waals surface area contributed by atoms with Crippen LogP contribution in [-0.2, 0) is 10.0 Å². The Balaban J connectivity index is 1.57. The first-order chi connectivity index (χ1) is 16.5. The lowest BCUT2D eigenvalue weighted by Crippen LogP contribution is -2.30. The van der Waals surface area contributed by atoms with Gasteiger partial charge in [-0.05, 0) is 44.0 Å². The van der Waals surface area contributed by atoms with Crippen LogP contribution in [0.5, 0.6) is 0 Å². The van der Waals surface area contributed by atoms with Crippen LogP contribution in [0.2, 0.25) is 0 Å². The molecule has 2 aromatic heterocycles. The van der Waals surface area contributed by atoms with E-state index in [-0.39, 0.29) is 4.90 Å². The number of pyridine rings is 1. The van der Waals surface area contributed by atoms with Crippen LogP contribution in [-0.4, -0.2) is 59.9 Å². The molecular weight excluding hydrogens is 450 g/mol. The maximum absolute atomic E-state index is 12.6. The number of nitrogens with one attached hydrogen (secondary N) is 1. The highest BCUT2D eigenvalue weighted by atomic mass is 32.2. The van der Waals surface area contributed by atoms with Crippen LogP contribution >= 0.6 is 0 Å². The zero-order valence-electron chi connectivity index (χ0n) is 19.8. The Labute approximate surface area is 201 Å². The van der Waals surface area contributed by atoms with Gasteiger partial charge in [-0.25, -0.2) is 18.1 Å². The topological polar surface area (TPSA) is 95.7 Å². The normalized spacial score (nSPS) is 14.4. The van der Waals surface area contributed by atoms with Gasteiger partial charge >= 0.3 is 0 Å². The van der Waals surface area contributed by atoms with Gasteiger partial charge in [0.2, 0.25) is 10.0 Å². The molecule has 9 nitrogen and oxygen atoms in total. The van der Waals surface area contributed by atoms with Gasteiger partial charge in [-0.1, -0.05) is 32.0 Å². The van der Waals surface area contributed by atoms with Gasteiger partial charge < -0.3 is 4.90 Å². The molecule has 3 heterocycles. The van der Waals surface area contributed by atoms with Crippen molar-refractivity contribution in [3.8, 4) is 5.69 Å². The van der Waals surface area contributed by atoms with Crippen molar-refractivity contribution >= 4 is 27.9 Å². The highest BCUT2D eigenvalue weighted by molar-refractivity contribution is 7.89. The van der Waals surface area contributed by atoms with Crippen molar-refractivity contribution in [1.29, 1.82) is 0 Å². The summed E-state index contributed by atoms with van der Waals surface area (Å²) in [6.45, 7) is 8.41. The van der Waals surface area contributed by atoms with Crippen LogP contribution in [0.25, 0.3) is 5.69 Å². The molecule has 1 aliphatic rings. The molecule has 0 bridgehead atoms. The Morgan fingerprint density at radius 2 is 1.79 bits per heavy atom. The first-order valence-corrected chi connectivity index (χ1v) is 13.0. The van der Waals surface area contributed by atoms with Gasteiger partial charge in [0, 0.05) is 32.4 Å². The third-order valence-electron chi connectivity index (χ3n) is 5.94. The Hall–Kier alpha value is -3.24. The average molecular weight is 482 g/mol. The largest absolute Gasteiger partial charge is 0.356 e. The highest BCUT2D eigenvalue weighted by Crippen LogP contribution is 2.29. The number of para-hydroxylation sites is 1. The fraction of sp³-hybridized carbons (Fsp3) is 0.375. The van der Waals surface area contributed by atoms with Crippen LogP contribution in [0.1, 0.15) is 37.9 Å². The summed E-state index contributed by atoms with van der Waals surface area (Å²) in [5.41, 5.74) is 5.75. The zero-order valence-corrected chi connectivity index (χ0v) is 20.7. The molecule has 0 unspecified atom stereocenters. The first-order valence-electron chi connectivity index (χ1n) is 11.6. The zero-order chi connectivity index (χ0) is 24.1. The van der Waals surface area contributed by atoms with E-state index < -0.39 is 10.0 Å². The van der Waals surface area contributed by atoms with E-state index in [4.69, 9.17) is 5.10 Å². The summed E-state index contributed by atoms with van der Waals surface area (Å²) in [5, 5.41) is 9.18. The third-order valence-corrected chi connectivity index (χ3v) is 7.97. The number of anilines is 2. The minimum atomic E-state index is -3.54. The molecule has 1 saturated heterocycles. The molecule has 0 atom stereocenters. The molecule has 1 N–H and O–H groups in total. The molecule has 1 aromatic carbocycles. The average Bonchev–Trinajstić information content (AvgIpc) is 3.49. The van der Waals surface area contributed by atoms with Crippen molar-refractivity contribution in [2.45, 2.75) is 38.5 Å². The molecule has 0 spiro atoms. The summed E-state index contributed by atoms with van der Waals surface area (Å²) in [7, 11) is -3.54. The van der Waals surface area contributed by atoms with E-state index in [0.29, 0.717) is 18.9 Å². The minimum absolute atomic E-state index is 0.169. The summed E-state index contributed by atoms with van der Waals surface area (Å²) in [4.78, 5) is 6.76. The number of hydrazone groups is 1. The molecule has 10 heteroatoms. The first kappa shape index (κ1) is 23.9. The second-order valence-corrected chi connectivity index (χ2v) is 10.0. The van der Waals surface area contributed by atoms with Gasteiger partial charge in [0.25, 0.3) is 0 Å². The number of aromatic nitrogens is 3. The van der Waals surface area contributed by atoms with Gasteiger partial charge in [0.15, 0.2) is 0 Å². The van der Waals surface area contributed by atoms with Gasteiger partial charge in [0.05, 0.1) is 23.2 Å². The summed E-state index contributed by atoms with van der Waals surface area (Å²) in [5.74, 6) is 1.49. The van der Waals surface area contributed by atoms with Crippen molar-refractivity contribution in [1.82, 2.24) is 19.1 Å². The van der Waals surface area contributed by atoms with Crippen molar-refractivity contribution in [2.24, 2.45) is 5.10 Å². The van der Waals surface area contributed by atoms with Gasteiger partial charge in [-0.15, -0.1) is 0 Å². The fourth-order valence-electron chi connectivity index (χ4n) is 4.14. The maximum atomic E-state index is 12.6. The van der Waals surface area contributed by atoms with Crippen LogP contribution in [0, 0.1) is 6.92 Å². The number of aryl methyl sites for hydroxylation is 1. The van der Waals surface area contributed by atoms with E-state index in [1.54, 1.807) is 18.3 Å². The molecule has 0 saturated carbocycles. The lowest BCUT2D eigenvalue weighted by Gasteiger charge is -2.20. The maximum Gasteiger partial charge on any atom is 0.244 e. The summed E-state index contributed by atoms with van der Waals surface area (Å²) in [6, 6.07) is 13.3. The number of hydrogen-bond donors (Lipinski definition) is 1. The van der Waals surface area contributed by atoms with Crippen molar-refractivity contribution in [3.05, 3.63) is 59.9 Å². The second-order valence-electron chi connectivity index (χ2n) is 8.10. The Morgan fingerprint density at radius 1 is 1.09 bits per heavy atom. The van der Waals surface area contributed by atoms with Crippen LogP contribution < -0.4 is 10.3 Å². The van der Waals surface area contributed by atoms with Crippen LogP contribution in [0.15, 0.2) is 58.7 Å². The molecule has 0 radical (unpaired) electrons. The van der Waals surface area contributed by atoms with Crippen LogP contribution in [0.4, 0.5) is 11.6 Å². The van der Waals surface area contributed by atoms with Gasteiger partial charge in [-0.2, -0.15) is 14.5 Å². The van der Waals surface area contributed by atoms with E-state index in [1.165, 1.54) is 10.5 Å². The van der Waals surface area contributed by atoms with E-state index in [9.17, 15) is 8.42 Å². The van der Waals surface area contributed by atoms with Crippen molar-refractivity contribution < 1.29 is 8.42 Å². The van der Waals surface area contributed by atoms with E-state index in [2.05, 4.69) is 20.4 Å². The quantitative estimate of drug-likeness (QED) is 0.370. The molecular formula is C24H31N7O2S. The van der Waals surface area contributed by atoms with Gasteiger partial charge in [-0.3, -0.25) is 5.43 Å². The smallest absolute Gasteiger partial charge is 0.244 e. The summed E-state index contributed by atoms with van der Waals surface area (Å²) >= 11 is 0. The third kappa shape index (κ3) is 4.83. The number of benzene rings is 1. The van der Waals surface area contributed by atoms with E-state index >= 15 is 0 Å². The predicted molar refractivity (Wildman–Crippen MR) is 135 cm³/mol. The predicted octanol–water partition coefficient (Wildman–Crippen LogP) is 3.65. The lowest BCUT2D eigenvalue weighted by molar-refractivity contribution is 0.445. The Morgan fingerprint density at radius 3 is 2.41 bits per heavy atom. The molecule has 1 aliphatic heterocycles. The monoisotopic (exact) mass is 481 g/mol. The molecule has 34 heavy (non-hydrogen) atoms. The van der Waals surface area contributed by atoms with Gasteiger partial charge in [0.1, 0.15) is 16.5 Å². The fourth-order valence-corrected chi connectivity index (χ4v) is 5.54. The minimum Gasteiger partial charge on any atom is -0.356 e.